The summed E-state index contributed by atoms with van der Waals surface area (Å²) in [6, 6.07) is 26.4. The van der Waals surface area contributed by atoms with E-state index < -0.39 is 0 Å². The molecule has 0 heteroatoms. The van der Waals surface area contributed by atoms with Gasteiger partial charge in [0.2, 0.25) is 0 Å². The van der Waals surface area contributed by atoms with Crippen molar-refractivity contribution >= 4 is 24.3 Å². The van der Waals surface area contributed by atoms with Crippen LogP contribution >= 0.6 is 0 Å². The highest BCUT2D eigenvalue weighted by atomic mass is 14.2. The molecule has 0 saturated heterocycles. The summed E-state index contributed by atoms with van der Waals surface area (Å²) in [6.07, 6.45) is 20.6. The normalized spacial score (nSPS) is 15.5. The van der Waals surface area contributed by atoms with E-state index in [1.165, 1.54) is 76.6 Å². The van der Waals surface area contributed by atoms with Crippen LogP contribution in [0.2, 0.25) is 0 Å². The summed E-state index contributed by atoms with van der Waals surface area (Å²) < 4.78 is 0. The molecule has 5 aliphatic rings. The Kier molecular flexibility index (Phi) is 6.53. The van der Waals surface area contributed by atoms with Gasteiger partial charge in [-0.25, -0.2) is 0 Å². The van der Waals surface area contributed by atoms with Crippen molar-refractivity contribution in [3.05, 3.63) is 107 Å². The van der Waals surface area contributed by atoms with E-state index >= 15 is 0 Å². The van der Waals surface area contributed by atoms with Gasteiger partial charge in [-0.1, -0.05) is 116 Å². The maximum absolute atomic E-state index is 2.46. The molecule has 0 aliphatic heterocycles. The second-order valence-electron chi connectivity index (χ2n) is 9.18. The number of rotatable bonds is 5. The Morgan fingerprint density at radius 3 is 1.48 bits per heavy atom. The van der Waals surface area contributed by atoms with Crippen LogP contribution in [0.15, 0.2) is 84.9 Å². The van der Waals surface area contributed by atoms with E-state index in [2.05, 4.69) is 116 Å². The van der Waals surface area contributed by atoms with Crippen molar-refractivity contribution in [2.45, 2.75) is 39.0 Å². The SMILES string of the molecule is C/C=C/c1cc(/C=C/c2cc(C=CC3CCCCC3)c3cccccc2-3)c2cccccc1-2. The first-order valence-corrected chi connectivity index (χ1v) is 12.4. The van der Waals surface area contributed by atoms with Crippen molar-refractivity contribution in [2.24, 2.45) is 5.92 Å². The Hall–Kier alpha value is -3.38. The maximum atomic E-state index is 2.46. The zero-order valence-corrected chi connectivity index (χ0v) is 19.5. The molecule has 0 aromatic carbocycles. The van der Waals surface area contributed by atoms with Crippen LogP contribution < -0.4 is 0 Å². The third kappa shape index (κ3) is 4.71. The molecule has 164 valence electrons. The average molecular weight is 429 g/mol. The maximum Gasteiger partial charge on any atom is -0.0105 e. The molecule has 0 radical (unpaired) electrons. The fraction of sp³-hybridized carbons (Fsp3) is 0.212. The lowest BCUT2D eigenvalue weighted by Gasteiger charge is -2.17. The molecule has 0 aromatic rings. The monoisotopic (exact) mass is 428 g/mol. The minimum absolute atomic E-state index is 0.738. The average Bonchev–Trinajstić information content (AvgIpc) is 3.09. The lowest BCUT2D eigenvalue weighted by atomic mass is 9.88. The number of hydrogen-bond donors (Lipinski definition) is 0. The Morgan fingerprint density at radius 1 is 0.545 bits per heavy atom. The van der Waals surface area contributed by atoms with E-state index in [-0.39, 0.29) is 0 Å². The van der Waals surface area contributed by atoms with Crippen LogP contribution in [0.1, 0.15) is 61.3 Å². The van der Waals surface area contributed by atoms with Crippen molar-refractivity contribution < 1.29 is 0 Å². The first kappa shape index (κ1) is 21.5. The fourth-order valence-corrected chi connectivity index (χ4v) is 5.22. The van der Waals surface area contributed by atoms with Gasteiger partial charge < -0.3 is 0 Å². The van der Waals surface area contributed by atoms with E-state index in [0.29, 0.717) is 0 Å². The van der Waals surface area contributed by atoms with Crippen LogP contribution in [0.25, 0.3) is 46.6 Å². The van der Waals surface area contributed by atoms with Crippen molar-refractivity contribution in [3.63, 3.8) is 0 Å². The Balaban J connectivity index is 1.52. The van der Waals surface area contributed by atoms with Crippen molar-refractivity contribution in [1.29, 1.82) is 0 Å². The molecule has 0 heterocycles. The highest BCUT2D eigenvalue weighted by molar-refractivity contribution is 5.93. The van der Waals surface area contributed by atoms with Gasteiger partial charge in [0.1, 0.15) is 0 Å². The molecule has 0 N–H and O–H groups in total. The van der Waals surface area contributed by atoms with Crippen molar-refractivity contribution in [2.75, 3.05) is 0 Å². The lowest BCUT2D eigenvalue weighted by molar-refractivity contribution is 0.420. The standard InChI is InChI=1S/C33H32/c1-2-12-26-23-28(32-17-10-4-8-15-30(26)32)21-22-29-24-27(20-19-25-13-6-3-7-14-25)31-16-9-5-11-18-33(29)31/h2,4-5,8-12,15-25H,3,6-7,13-14H2,1H3/b12-2+,20-19?,22-21+. The summed E-state index contributed by atoms with van der Waals surface area (Å²) in [5, 5.41) is 0. The summed E-state index contributed by atoms with van der Waals surface area (Å²) in [7, 11) is 0. The second-order valence-corrected chi connectivity index (χ2v) is 9.18. The lowest BCUT2D eigenvalue weighted by Crippen LogP contribution is -2.02. The highest BCUT2D eigenvalue weighted by Crippen LogP contribution is 2.37. The van der Waals surface area contributed by atoms with E-state index in [1.54, 1.807) is 0 Å². The van der Waals surface area contributed by atoms with Crippen LogP contribution in [0.3, 0.4) is 0 Å². The minimum atomic E-state index is 0.738. The third-order valence-electron chi connectivity index (χ3n) is 6.93. The molecular formula is C33H32. The van der Waals surface area contributed by atoms with Gasteiger partial charge in [-0.2, -0.15) is 0 Å². The van der Waals surface area contributed by atoms with Crippen LogP contribution in [-0.4, -0.2) is 0 Å². The zero-order valence-electron chi connectivity index (χ0n) is 19.5. The molecular weight excluding hydrogens is 396 g/mol. The van der Waals surface area contributed by atoms with Gasteiger partial charge in [0.15, 0.2) is 0 Å². The topological polar surface area (TPSA) is 0 Å². The quantitative estimate of drug-likeness (QED) is 0.297. The van der Waals surface area contributed by atoms with E-state index in [9.17, 15) is 0 Å². The Bertz CT molecular complexity index is 1250. The van der Waals surface area contributed by atoms with Crippen molar-refractivity contribution in [1.82, 2.24) is 0 Å². The van der Waals surface area contributed by atoms with Crippen LogP contribution in [0.5, 0.6) is 0 Å². The predicted molar refractivity (Wildman–Crippen MR) is 145 cm³/mol. The predicted octanol–water partition coefficient (Wildman–Crippen LogP) is 9.69. The molecule has 0 bridgehead atoms. The van der Waals surface area contributed by atoms with E-state index in [1.807, 2.05) is 0 Å². The summed E-state index contributed by atoms with van der Waals surface area (Å²) in [5.41, 5.74) is 10.4. The zero-order chi connectivity index (χ0) is 22.5. The van der Waals surface area contributed by atoms with Gasteiger partial charge in [-0.15, -0.1) is 0 Å². The molecule has 0 atom stereocenters. The molecule has 5 rings (SSSR count). The number of allylic oxidation sites excluding steroid dienone is 2. The van der Waals surface area contributed by atoms with Gasteiger partial charge in [-0.05, 0) is 82.3 Å². The molecule has 1 saturated carbocycles. The van der Waals surface area contributed by atoms with E-state index in [4.69, 9.17) is 0 Å². The number of fused-ring (bicyclic) bond motifs is 2. The smallest absolute Gasteiger partial charge is 0.0105 e. The van der Waals surface area contributed by atoms with Crippen molar-refractivity contribution in [3.8, 4) is 22.3 Å². The summed E-state index contributed by atoms with van der Waals surface area (Å²) in [6.45, 7) is 2.08. The molecule has 0 nitrogen and oxygen atoms in total. The first-order valence-electron chi connectivity index (χ1n) is 12.4. The summed E-state index contributed by atoms with van der Waals surface area (Å²) in [4.78, 5) is 0. The molecule has 1 fully saturated rings. The van der Waals surface area contributed by atoms with Crippen LogP contribution in [0, 0.1) is 5.92 Å². The van der Waals surface area contributed by atoms with Gasteiger partial charge >= 0.3 is 0 Å². The largest absolute Gasteiger partial charge is 0.0870 e. The molecule has 0 aromatic heterocycles. The third-order valence-corrected chi connectivity index (χ3v) is 6.93. The molecule has 33 heavy (non-hydrogen) atoms. The molecule has 5 aliphatic carbocycles. The second kappa shape index (κ2) is 10.0. The van der Waals surface area contributed by atoms with E-state index in [0.717, 1.165) is 5.92 Å². The highest BCUT2D eigenvalue weighted by Gasteiger charge is 2.15. The number of hydrogen-bond acceptors (Lipinski definition) is 0. The molecule has 0 spiro atoms. The fourth-order valence-electron chi connectivity index (χ4n) is 5.22. The van der Waals surface area contributed by atoms with Crippen LogP contribution in [-0.2, 0) is 0 Å². The summed E-state index contributed by atoms with van der Waals surface area (Å²) >= 11 is 0. The van der Waals surface area contributed by atoms with Gasteiger partial charge in [-0.3, -0.25) is 0 Å². The summed E-state index contributed by atoms with van der Waals surface area (Å²) in [5.74, 6) is 0.738. The van der Waals surface area contributed by atoms with Gasteiger partial charge in [0.25, 0.3) is 0 Å². The van der Waals surface area contributed by atoms with Gasteiger partial charge in [0, 0.05) is 0 Å². The van der Waals surface area contributed by atoms with Crippen LogP contribution in [0.4, 0.5) is 0 Å². The molecule has 0 amide bonds. The Morgan fingerprint density at radius 2 is 1.00 bits per heavy atom. The van der Waals surface area contributed by atoms with Gasteiger partial charge in [0.05, 0.1) is 0 Å². The molecule has 0 unspecified atom stereocenters. The Labute approximate surface area is 198 Å². The first-order chi connectivity index (χ1) is 16.3. The minimum Gasteiger partial charge on any atom is -0.0870 e.